The second-order valence-electron chi connectivity index (χ2n) is 7.46. The maximum atomic E-state index is 5.82. The number of ether oxygens (including phenoxy) is 1. The molecule has 5 nitrogen and oxygen atoms in total. The number of pyridine rings is 1. The molecule has 0 bridgehead atoms. The molecule has 0 amide bonds. The van der Waals surface area contributed by atoms with E-state index in [9.17, 15) is 0 Å². The zero-order valence-corrected chi connectivity index (χ0v) is 14.8. The fraction of sp³-hybridized carbons (Fsp3) is 0.526. The van der Waals surface area contributed by atoms with Gasteiger partial charge in [0.15, 0.2) is 5.82 Å². The van der Waals surface area contributed by atoms with Crippen LogP contribution in [0.3, 0.4) is 0 Å². The average Bonchev–Trinajstić information content (AvgIpc) is 2.60. The Kier molecular flexibility index (Phi) is 4.97. The number of nitrogens with zero attached hydrogens (tertiary/aromatic N) is 4. The van der Waals surface area contributed by atoms with Gasteiger partial charge in [-0.2, -0.15) is 5.10 Å². The normalized spacial score (nSPS) is 18.5. The van der Waals surface area contributed by atoms with E-state index < -0.39 is 0 Å². The Morgan fingerprint density at radius 2 is 2.04 bits per heavy atom. The highest BCUT2D eigenvalue weighted by molar-refractivity contribution is 5.38. The highest BCUT2D eigenvalue weighted by Crippen LogP contribution is 2.24. The quantitative estimate of drug-likeness (QED) is 0.861. The van der Waals surface area contributed by atoms with Gasteiger partial charge in [0.2, 0.25) is 5.88 Å². The van der Waals surface area contributed by atoms with Crippen LogP contribution in [-0.4, -0.2) is 34.9 Å². The third kappa shape index (κ3) is 4.22. The minimum atomic E-state index is 0.0342. The van der Waals surface area contributed by atoms with Crippen LogP contribution >= 0.6 is 0 Å². The third-order valence-electron chi connectivity index (χ3n) is 4.37. The lowest BCUT2D eigenvalue weighted by molar-refractivity contribution is 0.221. The van der Waals surface area contributed by atoms with E-state index in [4.69, 9.17) is 4.74 Å². The predicted octanol–water partition coefficient (Wildman–Crippen LogP) is 3.46. The maximum Gasteiger partial charge on any atom is 0.213 e. The van der Waals surface area contributed by atoms with Crippen LogP contribution in [0.25, 0.3) is 0 Å². The number of rotatable bonds is 4. The highest BCUT2D eigenvalue weighted by atomic mass is 16.5. The summed E-state index contributed by atoms with van der Waals surface area (Å²) < 4.78 is 5.82. The van der Waals surface area contributed by atoms with Crippen LogP contribution in [0, 0.1) is 5.92 Å². The van der Waals surface area contributed by atoms with Gasteiger partial charge < -0.3 is 9.64 Å². The Morgan fingerprint density at radius 1 is 1.17 bits per heavy atom. The van der Waals surface area contributed by atoms with Crippen LogP contribution in [0.5, 0.6) is 5.88 Å². The Bertz CT molecular complexity index is 637. The summed E-state index contributed by atoms with van der Waals surface area (Å²) in [5, 5.41) is 8.86. The van der Waals surface area contributed by atoms with E-state index in [1.165, 1.54) is 6.42 Å². The first-order valence-electron chi connectivity index (χ1n) is 8.65. The Hall–Kier alpha value is -2.17. The molecule has 2 aromatic heterocycles. The van der Waals surface area contributed by atoms with Crippen molar-refractivity contribution in [2.24, 2.45) is 5.92 Å². The third-order valence-corrected chi connectivity index (χ3v) is 4.37. The number of anilines is 1. The fourth-order valence-electron chi connectivity index (χ4n) is 2.94. The molecular weight excluding hydrogens is 300 g/mol. The van der Waals surface area contributed by atoms with Crippen molar-refractivity contribution in [3.8, 4) is 5.88 Å². The molecule has 1 unspecified atom stereocenters. The molecule has 1 saturated heterocycles. The molecular formula is C19H26N4O. The first-order chi connectivity index (χ1) is 11.5. The van der Waals surface area contributed by atoms with Gasteiger partial charge in [-0.05, 0) is 31.0 Å². The van der Waals surface area contributed by atoms with Crippen LogP contribution in [0.1, 0.15) is 39.3 Å². The first kappa shape index (κ1) is 16.7. The summed E-state index contributed by atoms with van der Waals surface area (Å²) in [6.45, 7) is 9.15. The van der Waals surface area contributed by atoms with Crippen LogP contribution in [0.15, 0.2) is 36.5 Å². The van der Waals surface area contributed by atoms with Gasteiger partial charge in [-0.3, -0.25) is 0 Å². The predicted molar refractivity (Wildman–Crippen MR) is 95.4 cm³/mol. The second kappa shape index (κ2) is 7.16. The number of piperidine rings is 1. The minimum Gasteiger partial charge on any atom is -0.477 e. The van der Waals surface area contributed by atoms with Crippen LogP contribution in [-0.2, 0) is 5.41 Å². The van der Waals surface area contributed by atoms with Crippen molar-refractivity contribution in [2.75, 3.05) is 24.6 Å². The lowest BCUT2D eigenvalue weighted by Gasteiger charge is -2.33. The number of hydrogen-bond donors (Lipinski definition) is 0. The zero-order chi connectivity index (χ0) is 17.0. The molecule has 0 aliphatic carbocycles. The Balaban J connectivity index is 1.59. The van der Waals surface area contributed by atoms with Crippen molar-refractivity contribution >= 4 is 5.82 Å². The Labute approximate surface area is 144 Å². The summed E-state index contributed by atoms with van der Waals surface area (Å²) in [6.07, 6.45) is 4.09. The largest absolute Gasteiger partial charge is 0.477 e. The van der Waals surface area contributed by atoms with E-state index in [0.717, 1.165) is 31.0 Å². The van der Waals surface area contributed by atoms with Crippen molar-refractivity contribution in [3.63, 3.8) is 0 Å². The summed E-state index contributed by atoms with van der Waals surface area (Å²) >= 11 is 0. The smallest absolute Gasteiger partial charge is 0.213 e. The first-order valence-corrected chi connectivity index (χ1v) is 8.65. The number of hydrogen-bond acceptors (Lipinski definition) is 5. The van der Waals surface area contributed by atoms with E-state index >= 15 is 0 Å². The minimum absolute atomic E-state index is 0.0342. The number of aromatic nitrogens is 3. The summed E-state index contributed by atoms with van der Waals surface area (Å²) in [5.74, 6) is 2.15. The summed E-state index contributed by atoms with van der Waals surface area (Å²) in [6, 6.07) is 9.93. The van der Waals surface area contributed by atoms with Gasteiger partial charge in [-0.1, -0.05) is 26.8 Å². The molecule has 0 N–H and O–H groups in total. The monoisotopic (exact) mass is 326 g/mol. The molecule has 5 heteroatoms. The maximum absolute atomic E-state index is 5.82. The van der Waals surface area contributed by atoms with E-state index in [-0.39, 0.29) is 5.41 Å². The summed E-state index contributed by atoms with van der Waals surface area (Å²) in [5.41, 5.74) is 1.06. The zero-order valence-electron chi connectivity index (χ0n) is 14.8. The molecule has 1 aliphatic heterocycles. The lowest BCUT2D eigenvalue weighted by atomic mass is 9.92. The highest BCUT2D eigenvalue weighted by Gasteiger charge is 2.23. The van der Waals surface area contributed by atoms with Crippen molar-refractivity contribution in [1.29, 1.82) is 0 Å². The van der Waals surface area contributed by atoms with Crippen molar-refractivity contribution in [1.82, 2.24) is 15.2 Å². The molecule has 1 fully saturated rings. The fourth-order valence-corrected chi connectivity index (χ4v) is 2.94. The molecule has 0 spiro atoms. The van der Waals surface area contributed by atoms with Gasteiger partial charge in [-0.25, -0.2) is 4.98 Å². The summed E-state index contributed by atoms with van der Waals surface area (Å²) in [4.78, 5) is 6.53. The van der Waals surface area contributed by atoms with Crippen molar-refractivity contribution < 1.29 is 4.74 Å². The van der Waals surface area contributed by atoms with Crippen molar-refractivity contribution in [3.05, 3.63) is 42.2 Å². The van der Waals surface area contributed by atoms with Crippen LogP contribution < -0.4 is 9.64 Å². The molecule has 3 heterocycles. The lowest BCUT2D eigenvalue weighted by Crippen LogP contribution is -2.38. The van der Waals surface area contributed by atoms with Gasteiger partial charge in [0.1, 0.15) is 0 Å². The Morgan fingerprint density at radius 3 is 2.71 bits per heavy atom. The molecule has 0 radical (unpaired) electrons. The molecule has 1 atom stereocenters. The molecule has 3 rings (SSSR count). The molecule has 0 aromatic carbocycles. The molecule has 0 saturated carbocycles. The van der Waals surface area contributed by atoms with Gasteiger partial charge in [0.25, 0.3) is 0 Å². The van der Waals surface area contributed by atoms with Crippen LogP contribution in [0.2, 0.25) is 0 Å². The second-order valence-corrected chi connectivity index (χ2v) is 7.46. The molecule has 24 heavy (non-hydrogen) atoms. The van der Waals surface area contributed by atoms with Crippen molar-refractivity contribution in [2.45, 2.75) is 39.0 Å². The average molecular weight is 326 g/mol. The molecule has 1 aliphatic rings. The van der Waals surface area contributed by atoms with Crippen LogP contribution in [0.4, 0.5) is 5.82 Å². The standard InChI is InChI=1S/C19H26N4O/c1-19(2,3)16-9-10-17(22-21-16)23-12-6-7-15(13-23)14-24-18-8-4-5-11-20-18/h4-5,8-11,15H,6-7,12-14H2,1-3H3. The van der Waals surface area contributed by atoms with Gasteiger partial charge in [-0.15, -0.1) is 5.10 Å². The van der Waals surface area contributed by atoms with Gasteiger partial charge in [0.05, 0.1) is 12.3 Å². The topological polar surface area (TPSA) is 51.1 Å². The SMILES string of the molecule is CC(C)(C)c1ccc(N2CCCC(COc3ccccn3)C2)nn1. The molecule has 128 valence electrons. The van der Waals surface area contributed by atoms with E-state index in [1.807, 2.05) is 18.2 Å². The summed E-state index contributed by atoms with van der Waals surface area (Å²) in [7, 11) is 0. The molecule has 2 aromatic rings. The van der Waals surface area contributed by atoms with E-state index in [0.29, 0.717) is 18.4 Å². The van der Waals surface area contributed by atoms with Gasteiger partial charge >= 0.3 is 0 Å². The van der Waals surface area contributed by atoms with E-state index in [1.54, 1.807) is 6.20 Å². The van der Waals surface area contributed by atoms with Gasteiger partial charge in [0, 0.05) is 36.7 Å². The van der Waals surface area contributed by atoms with E-state index in [2.05, 4.69) is 53.0 Å².